The van der Waals surface area contributed by atoms with Crippen LogP contribution in [0.2, 0.25) is 0 Å². The van der Waals surface area contributed by atoms with Gasteiger partial charge in [-0.3, -0.25) is 14.4 Å². The summed E-state index contributed by atoms with van der Waals surface area (Å²) < 4.78 is 27.8. The molecule has 7 nitrogen and oxygen atoms in total. The molecule has 0 aliphatic carbocycles. The van der Waals surface area contributed by atoms with Gasteiger partial charge in [-0.2, -0.15) is 5.10 Å². The van der Waals surface area contributed by atoms with Crippen LogP contribution in [0.5, 0.6) is 0 Å². The zero-order valence-electron chi connectivity index (χ0n) is 15.6. The molecular formula is C21H16F2N4O3. The van der Waals surface area contributed by atoms with E-state index in [-0.39, 0.29) is 11.4 Å². The standard InChI is InChI=1S/C21H16F2N4O3/c22-14-5-6-15(23)17(11-14)24-19(28)12-27-20(29)8-7-16(25-27)21(30)26-10-9-13-3-1-2-4-18(13)26/h1-8,11H,9-10,12H2,(H,24,28). The third-order valence-corrected chi connectivity index (χ3v) is 4.71. The summed E-state index contributed by atoms with van der Waals surface area (Å²) in [5, 5.41) is 6.19. The summed E-state index contributed by atoms with van der Waals surface area (Å²) in [6.07, 6.45) is 0.711. The van der Waals surface area contributed by atoms with Crippen molar-refractivity contribution in [3.63, 3.8) is 0 Å². The molecule has 0 unspecified atom stereocenters. The van der Waals surface area contributed by atoms with Crippen molar-refractivity contribution in [2.75, 3.05) is 16.8 Å². The Balaban J connectivity index is 1.54. The van der Waals surface area contributed by atoms with Crippen molar-refractivity contribution in [1.82, 2.24) is 9.78 Å². The first-order valence-corrected chi connectivity index (χ1v) is 9.15. The van der Waals surface area contributed by atoms with Gasteiger partial charge in [0.25, 0.3) is 11.5 Å². The first-order valence-electron chi connectivity index (χ1n) is 9.15. The Morgan fingerprint density at radius 2 is 1.87 bits per heavy atom. The molecule has 0 bridgehead atoms. The molecule has 0 radical (unpaired) electrons. The van der Waals surface area contributed by atoms with Crippen LogP contribution < -0.4 is 15.8 Å². The summed E-state index contributed by atoms with van der Waals surface area (Å²) in [4.78, 5) is 38.7. The van der Waals surface area contributed by atoms with E-state index in [1.165, 1.54) is 6.07 Å². The van der Waals surface area contributed by atoms with Crippen LogP contribution in [0, 0.1) is 11.6 Å². The van der Waals surface area contributed by atoms with Gasteiger partial charge in [-0.25, -0.2) is 13.5 Å². The van der Waals surface area contributed by atoms with Gasteiger partial charge in [0.05, 0.1) is 5.69 Å². The van der Waals surface area contributed by atoms with Gasteiger partial charge in [-0.15, -0.1) is 0 Å². The molecule has 1 aliphatic heterocycles. The minimum atomic E-state index is -0.818. The highest BCUT2D eigenvalue weighted by molar-refractivity contribution is 6.06. The number of para-hydroxylation sites is 1. The van der Waals surface area contributed by atoms with Crippen molar-refractivity contribution in [2.24, 2.45) is 0 Å². The fourth-order valence-electron chi connectivity index (χ4n) is 3.28. The molecule has 2 aromatic carbocycles. The van der Waals surface area contributed by atoms with Crippen LogP contribution in [-0.2, 0) is 17.8 Å². The maximum absolute atomic E-state index is 13.7. The van der Waals surface area contributed by atoms with Crippen molar-refractivity contribution in [1.29, 1.82) is 0 Å². The van der Waals surface area contributed by atoms with Crippen molar-refractivity contribution in [3.8, 4) is 0 Å². The van der Waals surface area contributed by atoms with Gasteiger partial charge in [-0.1, -0.05) is 18.2 Å². The van der Waals surface area contributed by atoms with Crippen molar-refractivity contribution < 1.29 is 18.4 Å². The average Bonchev–Trinajstić information content (AvgIpc) is 3.16. The molecule has 9 heteroatoms. The maximum Gasteiger partial charge on any atom is 0.278 e. The second-order valence-electron chi connectivity index (χ2n) is 6.72. The van der Waals surface area contributed by atoms with E-state index in [0.29, 0.717) is 13.0 Å². The quantitative estimate of drug-likeness (QED) is 0.716. The molecule has 1 aliphatic rings. The summed E-state index contributed by atoms with van der Waals surface area (Å²) in [6.45, 7) is -0.0786. The lowest BCUT2D eigenvalue weighted by atomic mass is 10.2. The molecule has 0 saturated carbocycles. The summed E-state index contributed by atoms with van der Waals surface area (Å²) in [6, 6.07) is 12.5. The highest BCUT2D eigenvalue weighted by Gasteiger charge is 2.26. The van der Waals surface area contributed by atoms with Gasteiger partial charge in [0, 0.05) is 24.4 Å². The van der Waals surface area contributed by atoms with Crippen LogP contribution in [0.4, 0.5) is 20.2 Å². The van der Waals surface area contributed by atoms with Crippen LogP contribution >= 0.6 is 0 Å². The monoisotopic (exact) mass is 410 g/mol. The van der Waals surface area contributed by atoms with E-state index < -0.39 is 35.6 Å². The maximum atomic E-state index is 13.7. The molecule has 3 aromatic rings. The number of benzene rings is 2. The second kappa shape index (κ2) is 7.86. The van der Waals surface area contributed by atoms with E-state index in [1.54, 1.807) is 4.90 Å². The lowest BCUT2D eigenvalue weighted by Crippen LogP contribution is -2.34. The number of nitrogens with one attached hydrogen (secondary N) is 1. The number of hydrogen-bond donors (Lipinski definition) is 1. The number of rotatable bonds is 4. The largest absolute Gasteiger partial charge is 0.322 e. The molecule has 1 aromatic heterocycles. The summed E-state index contributed by atoms with van der Waals surface area (Å²) in [5.74, 6) is -2.72. The molecular weight excluding hydrogens is 394 g/mol. The molecule has 1 N–H and O–H groups in total. The van der Waals surface area contributed by atoms with E-state index in [0.717, 1.165) is 40.2 Å². The Hall–Kier alpha value is -3.88. The van der Waals surface area contributed by atoms with Crippen LogP contribution in [0.25, 0.3) is 0 Å². The van der Waals surface area contributed by atoms with E-state index in [4.69, 9.17) is 0 Å². The molecule has 2 heterocycles. The molecule has 2 amide bonds. The number of anilines is 2. The molecule has 0 spiro atoms. The zero-order chi connectivity index (χ0) is 21.3. The summed E-state index contributed by atoms with van der Waals surface area (Å²) in [7, 11) is 0. The van der Waals surface area contributed by atoms with Gasteiger partial charge in [0.15, 0.2) is 0 Å². The number of amides is 2. The third kappa shape index (κ3) is 3.82. The van der Waals surface area contributed by atoms with Crippen LogP contribution in [0.3, 0.4) is 0 Å². The molecule has 0 saturated heterocycles. The molecule has 0 fully saturated rings. The molecule has 0 atom stereocenters. The Morgan fingerprint density at radius 3 is 2.70 bits per heavy atom. The summed E-state index contributed by atoms with van der Waals surface area (Å²) >= 11 is 0. The normalized spacial score (nSPS) is 12.5. The number of carbonyl (C=O) groups excluding carboxylic acids is 2. The highest BCUT2D eigenvalue weighted by atomic mass is 19.1. The number of halogens is 2. The summed E-state index contributed by atoms with van der Waals surface area (Å²) in [5.41, 5.74) is 0.852. The number of fused-ring (bicyclic) bond motifs is 1. The topological polar surface area (TPSA) is 84.3 Å². The van der Waals surface area contributed by atoms with E-state index in [1.807, 2.05) is 24.3 Å². The third-order valence-electron chi connectivity index (χ3n) is 4.71. The molecule has 152 valence electrons. The first kappa shape index (κ1) is 19.4. The van der Waals surface area contributed by atoms with E-state index >= 15 is 0 Å². The Kier molecular flexibility index (Phi) is 5.09. The Labute approximate surface area is 169 Å². The van der Waals surface area contributed by atoms with Crippen LogP contribution in [0.1, 0.15) is 16.1 Å². The number of nitrogens with zero attached hydrogens (tertiary/aromatic N) is 3. The minimum absolute atomic E-state index is 0.00367. The number of carbonyl (C=O) groups is 2. The Bertz CT molecular complexity index is 1210. The van der Waals surface area contributed by atoms with E-state index in [2.05, 4.69) is 10.4 Å². The van der Waals surface area contributed by atoms with Crippen LogP contribution in [-0.4, -0.2) is 28.1 Å². The second-order valence-corrected chi connectivity index (χ2v) is 6.72. The van der Waals surface area contributed by atoms with Gasteiger partial charge < -0.3 is 10.2 Å². The first-order chi connectivity index (χ1) is 14.4. The van der Waals surface area contributed by atoms with Crippen molar-refractivity contribution in [3.05, 3.63) is 87.8 Å². The Morgan fingerprint density at radius 1 is 1.07 bits per heavy atom. The fourth-order valence-corrected chi connectivity index (χ4v) is 3.28. The number of hydrogen-bond acceptors (Lipinski definition) is 4. The minimum Gasteiger partial charge on any atom is -0.322 e. The van der Waals surface area contributed by atoms with Crippen molar-refractivity contribution >= 4 is 23.2 Å². The van der Waals surface area contributed by atoms with Gasteiger partial charge in [0.2, 0.25) is 5.91 Å². The highest BCUT2D eigenvalue weighted by Crippen LogP contribution is 2.28. The lowest BCUT2D eigenvalue weighted by molar-refractivity contribution is -0.117. The van der Waals surface area contributed by atoms with Gasteiger partial charge >= 0.3 is 0 Å². The average molecular weight is 410 g/mol. The zero-order valence-corrected chi connectivity index (χ0v) is 15.6. The van der Waals surface area contributed by atoms with Gasteiger partial charge in [0.1, 0.15) is 23.9 Å². The number of aromatic nitrogens is 2. The molecule has 4 rings (SSSR count). The lowest BCUT2D eigenvalue weighted by Gasteiger charge is -2.17. The SMILES string of the molecule is O=C(Cn1nc(C(=O)N2CCc3ccccc32)ccc1=O)Nc1cc(F)ccc1F. The fraction of sp³-hybridized carbons (Fsp3) is 0.143. The van der Waals surface area contributed by atoms with Crippen molar-refractivity contribution in [2.45, 2.75) is 13.0 Å². The van der Waals surface area contributed by atoms with E-state index in [9.17, 15) is 23.2 Å². The smallest absolute Gasteiger partial charge is 0.278 e. The predicted molar refractivity (Wildman–Crippen MR) is 105 cm³/mol. The predicted octanol–water partition coefficient (Wildman–Crippen LogP) is 2.36. The van der Waals surface area contributed by atoms with Gasteiger partial charge in [-0.05, 0) is 36.2 Å². The van der Waals surface area contributed by atoms with Crippen LogP contribution in [0.15, 0.2) is 59.4 Å². The molecule has 30 heavy (non-hydrogen) atoms.